The van der Waals surface area contributed by atoms with Crippen molar-refractivity contribution in [1.82, 2.24) is 4.98 Å². The number of nitrogens with one attached hydrogen (secondary N) is 1. The van der Waals surface area contributed by atoms with Crippen LogP contribution in [0.15, 0.2) is 42.5 Å². The zero-order chi connectivity index (χ0) is 19.2. The van der Waals surface area contributed by atoms with Crippen molar-refractivity contribution in [3.05, 3.63) is 53.8 Å². The molecule has 0 atom stereocenters. The predicted molar refractivity (Wildman–Crippen MR) is 95.4 cm³/mol. The highest BCUT2D eigenvalue weighted by Gasteiger charge is 2.37. The zero-order valence-electron chi connectivity index (χ0n) is 13.8. The minimum absolute atomic E-state index is 0.246. The largest absolute Gasteiger partial charge is 0.418 e. The van der Waals surface area contributed by atoms with Gasteiger partial charge < -0.3 is 10.2 Å². The molecule has 2 heterocycles. The smallest absolute Gasteiger partial charge is 0.346 e. The molecule has 0 bridgehead atoms. The summed E-state index contributed by atoms with van der Waals surface area (Å²) in [4.78, 5) is 18.5. The third-order valence-electron chi connectivity index (χ3n) is 4.35. The van der Waals surface area contributed by atoms with Crippen molar-refractivity contribution in [2.45, 2.75) is 6.18 Å². The Morgan fingerprint density at radius 3 is 2.67 bits per heavy atom. The Hall–Kier alpha value is -2.68. The number of amides is 1. The number of aromatic nitrogens is 1. The van der Waals surface area contributed by atoms with Crippen LogP contribution in [0.4, 0.5) is 28.4 Å². The molecule has 0 saturated carbocycles. The molecule has 1 aliphatic heterocycles. The molecule has 2 aromatic carbocycles. The number of alkyl halides is 3. The van der Waals surface area contributed by atoms with E-state index in [1.54, 1.807) is 6.07 Å². The first-order chi connectivity index (χ1) is 12.8. The summed E-state index contributed by atoms with van der Waals surface area (Å²) in [6.07, 6.45) is -4.54. The van der Waals surface area contributed by atoms with Crippen molar-refractivity contribution in [2.24, 2.45) is 5.92 Å². The van der Waals surface area contributed by atoms with E-state index in [9.17, 15) is 22.4 Å². The maximum Gasteiger partial charge on any atom is 0.418 e. The van der Waals surface area contributed by atoms with Crippen LogP contribution in [0.1, 0.15) is 5.56 Å². The molecule has 1 aliphatic rings. The van der Waals surface area contributed by atoms with Crippen LogP contribution in [-0.2, 0) is 11.0 Å². The second-order valence-electron chi connectivity index (χ2n) is 6.24. The second kappa shape index (κ2) is 6.49. The van der Waals surface area contributed by atoms with E-state index in [-0.39, 0.29) is 11.5 Å². The maximum absolute atomic E-state index is 13.3. The van der Waals surface area contributed by atoms with Crippen LogP contribution >= 0.6 is 11.3 Å². The van der Waals surface area contributed by atoms with Crippen LogP contribution < -0.4 is 10.2 Å². The Labute approximate surface area is 155 Å². The van der Waals surface area contributed by atoms with Crippen LogP contribution in [0, 0.1) is 11.7 Å². The summed E-state index contributed by atoms with van der Waals surface area (Å²) in [5.74, 6) is -1.24. The van der Waals surface area contributed by atoms with Crippen LogP contribution in [0.5, 0.6) is 0 Å². The minimum atomic E-state index is -4.54. The molecule has 0 spiro atoms. The quantitative estimate of drug-likeness (QED) is 0.663. The van der Waals surface area contributed by atoms with Gasteiger partial charge in [0.15, 0.2) is 5.13 Å². The third kappa shape index (κ3) is 3.46. The van der Waals surface area contributed by atoms with Gasteiger partial charge in [0.1, 0.15) is 5.82 Å². The number of thiazole rings is 1. The van der Waals surface area contributed by atoms with Crippen molar-refractivity contribution in [3.8, 4) is 0 Å². The maximum atomic E-state index is 13.3. The average molecular weight is 395 g/mol. The van der Waals surface area contributed by atoms with E-state index in [4.69, 9.17) is 0 Å². The van der Waals surface area contributed by atoms with Gasteiger partial charge in [-0.25, -0.2) is 9.37 Å². The van der Waals surface area contributed by atoms with Crippen molar-refractivity contribution in [3.63, 3.8) is 0 Å². The van der Waals surface area contributed by atoms with Gasteiger partial charge in [0.05, 0.1) is 27.4 Å². The molecule has 1 saturated heterocycles. The summed E-state index contributed by atoms with van der Waals surface area (Å²) < 4.78 is 53.0. The molecule has 4 nitrogen and oxygen atoms in total. The van der Waals surface area contributed by atoms with Crippen molar-refractivity contribution in [1.29, 1.82) is 0 Å². The number of rotatable bonds is 3. The highest BCUT2D eigenvalue weighted by molar-refractivity contribution is 7.22. The molecule has 3 aromatic rings. The number of carbonyl (C=O) groups is 1. The number of anilines is 2. The lowest BCUT2D eigenvalue weighted by Crippen LogP contribution is -2.52. The number of hydrogen-bond donors (Lipinski definition) is 1. The number of halogens is 4. The van der Waals surface area contributed by atoms with Gasteiger partial charge in [-0.15, -0.1) is 0 Å². The highest BCUT2D eigenvalue weighted by atomic mass is 32.1. The number of para-hydroxylation sites is 1. The number of fused-ring (bicyclic) bond motifs is 1. The first-order valence-electron chi connectivity index (χ1n) is 8.09. The van der Waals surface area contributed by atoms with E-state index in [0.29, 0.717) is 28.4 Å². The molecule has 1 N–H and O–H groups in total. The predicted octanol–water partition coefficient (Wildman–Crippen LogP) is 4.53. The van der Waals surface area contributed by atoms with Gasteiger partial charge in [0.25, 0.3) is 0 Å². The Balaban J connectivity index is 1.43. The average Bonchev–Trinajstić information content (AvgIpc) is 2.95. The SMILES string of the molecule is O=C(Nc1ccccc1C(F)(F)F)C1CN(c2nc3ccc(F)cc3s2)C1. The van der Waals surface area contributed by atoms with Gasteiger partial charge in [-0.3, -0.25) is 4.79 Å². The van der Waals surface area contributed by atoms with E-state index in [1.165, 1.54) is 41.7 Å². The van der Waals surface area contributed by atoms with E-state index in [2.05, 4.69) is 10.3 Å². The van der Waals surface area contributed by atoms with Crippen LogP contribution in [-0.4, -0.2) is 24.0 Å². The molecule has 0 radical (unpaired) electrons. The first kappa shape index (κ1) is 17.7. The summed E-state index contributed by atoms with van der Waals surface area (Å²) >= 11 is 1.31. The molecular weight excluding hydrogens is 382 g/mol. The number of carbonyl (C=O) groups excluding carboxylic acids is 1. The minimum Gasteiger partial charge on any atom is -0.346 e. The molecule has 140 valence electrons. The Morgan fingerprint density at radius 1 is 1.19 bits per heavy atom. The Morgan fingerprint density at radius 2 is 1.93 bits per heavy atom. The fraction of sp³-hybridized carbons (Fsp3) is 0.222. The van der Waals surface area contributed by atoms with Crippen molar-refractivity contribution >= 4 is 38.3 Å². The van der Waals surface area contributed by atoms with Gasteiger partial charge in [-0.2, -0.15) is 13.2 Å². The highest BCUT2D eigenvalue weighted by Crippen LogP contribution is 2.36. The van der Waals surface area contributed by atoms with Gasteiger partial charge in [-0.1, -0.05) is 23.5 Å². The fourth-order valence-electron chi connectivity index (χ4n) is 2.90. The number of hydrogen-bond acceptors (Lipinski definition) is 4. The molecule has 9 heteroatoms. The molecule has 0 aliphatic carbocycles. The molecule has 1 amide bonds. The number of benzene rings is 2. The molecule has 4 rings (SSSR count). The standard InChI is InChI=1S/C18H13F4N3OS/c19-11-5-6-14-15(7-11)27-17(24-14)25-8-10(9-25)16(26)23-13-4-2-1-3-12(13)18(20,21)22/h1-7,10H,8-9H2,(H,23,26). The molecule has 1 fully saturated rings. The molecule has 0 unspecified atom stereocenters. The Bertz CT molecular complexity index is 1010. The summed E-state index contributed by atoms with van der Waals surface area (Å²) in [6, 6.07) is 9.20. The normalized spacial score (nSPS) is 15.0. The molecular formula is C18H13F4N3OS. The second-order valence-corrected chi connectivity index (χ2v) is 7.25. The first-order valence-corrected chi connectivity index (χ1v) is 8.91. The van der Waals surface area contributed by atoms with Crippen LogP contribution in [0.2, 0.25) is 0 Å². The van der Waals surface area contributed by atoms with Crippen LogP contribution in [0.25, 0.3) is 10.2 Å². The molecule has 1 aromatic heterocycles. The molecule has 27 heavy (non-hydrogen) atoms. The van der Waals surface area contributed by atoms with Gasteiger partial charge in [0.2, 0.25) is 5.91 Å². The van der Waals surface area contributed by atoms with E-state index < -0.39 is 23.6 Å². The van der Waals surface area contributed by atoms with Crippen molar-refractivity contribution < 1.29 is 22.4 Å². The summed E-state index contributed by atoms with van der Waals surface area (Å²) in [5, 5.41) is 3.04. The lowest BCUT2D eigenvalue weighted by Gasteiger charge is -2.38. The topological polar surface area (TPSA) is 45.2 Å². The fourth-order valence-corrected chi connectivity index (χ4v) is 3.90. The van der Waals surface area contributed by atoms with E-state index >= 15 is 0 Å². The lowest BCUT2D eigenvalue weighted by atomic mass is 9.99. The lowest BCUT2D eigenvalue weighted by molar-refractivity contribution is -0.137. The monoisotopic (exact) mass is 395 g/mol. The summed E-state index contributed by atoms with van der Waals surface area (Å²) in [5.41, 5.74) is -0.449. The van der Waals surface area contributed by atoms with E-state index in [0.717, 1.165) is 6.07 Å². The number of nitrogens with zero attached hydrogens (tertiary/aromatic N) is 2. The van der Waals surface area contributed by atoms with Gasteiger partial charge in [-0.05, 0) is 30.3 Å². The van der Waals surface area contributed by atoms with Crippen LogP contribution in [0.3, 0.4) is 0 Å². The van der Waals surface area contributed by atoms with Gasteiger partial charge in [0, 0.05) is 13.1 Å². The van der Waals surface area contributed by atoms with E-state index in [1.807, 2.05) is 4.90 Å². The van der Waals surface area contributed by atoms with Gasteiger partial charge >= 0.3 is 6.18 Å². The van der Waals surface area contributed by atoms with Crippen molar-refractivity contribution in [2.75, 3.05) is 23.3 Å². The zero-order valence-corrected chi connectivity index (χ0v) is 14.6. The summed E-state index contributed by atoms with van der Waals surface area (Å²) in [6.45, 7) is 0.699. The summed E-state index contributed by atoms with van der Waals surface area (Å²) in [7, 11) is 0. The Kier molecular flexibility index (Phi) is 4.26. The third-order valence-corrected chi connectivity index (χ3v) is 5.43.